The van der Waals surface area contributed by atoms with Crippen molar-refractivity contribution < 1.29 is 13.2 Å². The molecule has 0 atom stereocenters. The van der Waals surface area contributed by atoms with Crippen molar-refractivity contribution in [3.05, 3.63) is 17.7 Å². The van der Waals surface area contributed by atoms with Crippen LogP contribution in [-0.4, -0.2) is 38.9 Å². The number of fused-ring (bicyclic) bond motifs is 1. The monoisotopic (exact) mass is 295 g/mol. The Labute approximate surface area is 117 Å². The molecule has 0 bridgehead atoms. The van der Waals surface area contributed by atoms with Crippen molar-refractivity contribution in [2.75, 3.05) is 40.5 Å². The van der Waals surface area contributed by atoms with Gasteiger partial charge < -0.3 is 16.0 Å². The number of sulfone groups is 1. The van der Waals surface area contributed by atoms with Gasteiger partial charge in [0.15, 0.2) is 9.84 Å². The van der Waals surface area contributed by atoms with Gasteiger partial charge in [-0.2, -0.15) is 0 Å². The van der Waals surface area contributed by atoms with E-state index in [-0.39, 0.29) is 17.4 Å². The molecular formula is C13H17N3O3S. The third-order valence-corrected chi connectivity index (χ3v) is 5.49. The highest BCUT2D eigenvalue weighted by atomic mass is 32.2. The summed E-state index contributed by atoms with van der Waals surface area (Å²) < 4.78 is 23.3. The fraction of sp³-hybridized carbons (Fsp3) is 0.462. The zero-order valence-corrected chi connectivity index (χ0v) is 11.9. The highest BCUT2D eigenvalue weighted by Crippen LogP contribution is 2.34. The summed E-state index contributed by atoms with van der Waals surface area (Å²) >= 11 is 0. The molecule has 2 heterocycles. The van der Waals surface area contributed by atoms with E-state index in [2.05, 4.69) is 5.32 Å². The molecule has 20 heavy (non-hydrogen) atoms. The SMILES string of the molecule is Nc1cc2c(cc1N1CCCS(=O)(=O)CC1)NC(=O)C2. The second-order valence-electron chi connectivity index (χ2n) is 5.29. The van der Waals surface area contributed by atoms with E-state index in [1.807, 2.05) is 17.0 Å². The molecule has 3 N–H and O–H groups in total. The quantitative estimate of drug-likeness (QED) is 0.731. The number of nitrogen functional groups attached to an aromatic ring is 1. The lowest BCUT2D eigenvalue weighted by Gasteiger charge is -2.24. The maximum Gasteiger partial charge on any atom is 0.228 e. The van der Waals surface area contributed by atoms with E-state index in [9.17, 15) is 13.2 Å². The summed E-state index contributed by atoms with van der Waals surface area (Å²) in [6.45, 7) is 1.11. The maximum absolute atomic E-state index is 11.6. The minimum absolute atomic E-state index is 0.0324. The number of hydrogen-bond acceptors (Lipinski definition) is 5. The number of anilines is 3. The zero-order valence-electron chi connectivity index (χ0n) is 11.1. The van der Waals surface area contributed by atoms with Gasteiger partial charge in [-0.15, -0.1) is 0 Å². The molecule has 108 valence electrons. The molecule has 1 fully saturated rings. The van der Waals surface area contributed by atoms with Crippen molar-refractivity contribution in [3.8, 4) is 0 Å². The van der Waals surface area contributed by atoms with Crippen molar-refractivity contribution in [1.82, 2.24) is 0 Å². The highest BCUT2D eigenvalue weighted by molar-refractivity contribution is 7.91. The fourth-order valence-corrected chi connectivity index (χ4v) is 4.01. The van der Waals surface area contributed by atoms with Crippen LogP contribution in [-0.2, 0) is 21.1 Å². The number of nitrogens with zero attached hydrogens (tertiary/aromatic N) is 1. The number of carbonyl (C=O) groups is 1. The Balaban J connectivity index is 1.91. The van der Waals surface area contributed by atoms with Crippen LogP contribution in [0.2, 0.25) is 0 Å². The molecular weight excluding hydrogens is 278 g/mol. The van der Waals surface area contributed by atoms with Crippen LogP contribution in [0.15, 0.2) is 12.1 Å². The first-order chi connectivity index (χ1) is 9.44. The van der Waals surface area contributed by atoms with Crippen molar-refractivity contribution in [2.45, 2.75) is 12.8 Å². The summed E-state index contributed by atoms with van der Waals surface area (Å²) in [5.74, 6) is 0.344. The van der Waals surface area contributed by atoms with Gasteiger partial charge in [0.05, 0.1) is 29.3 Å². The van der Waals surface area contributed by atoms with Crippen molar-refractivity contribution >= 4 is 32.8 Å². The third-order valence-electron chi connectivity index (χ3n) is 3.77. The number of carbonyl (C=O) groups excluding carboxylic acids is 1. The van der Waals surface area contributed by atoms with Crippen LogP contribution in [0.4, 0.5) is 17.1 Å². The average Bonchev–Trinajstić information content (AvgIpc) is 2.61. The fourth-order valence-electron chi connectivity index (χ4n) is 2.74. The van der Waals surface area contributed by atoms with E-state index in [0.717, 1.165) is 16.9 Å². The number of amides is 1. The molecule has 1 amide bonds. The first kappa shape index (κ1) is 13.2. The summed E-state index contributed by atoms with van der Waals surface area (Å²) in [6.07, 6.45) is 0.958. The van der Waals surface area contributed by atoms with E-state index in [1.165, 1.54) is 0 Å². The molecule has 3 rings (SSSR count). The molecule has 1 aromatic carbocycles. The van der Waals surface area contributed by atoms with Crippen LogP contribution in [0.1, 0.15) is 12.0 Å². The smallest absolute Gasteiger partial charge is 0.228 e. The van der Waals surface area contributed by atoms with E-state index >= 15 is 0 Å². The summed E-state index contributed by atoms with van der Waals surface area (Å²) in [5, 5.41) is 2.80. The Morgan fingerprint density at radius 2 is 2.00 bits per heavy atom. The Morgan fingerprint density at radius 1 is 1.20 bits per heavy atom. The van der Waals surface area contributed by atoms with Crippen LogP contribution < -0.4 is 16.0 Å². The van der Waals surface area contributed by atoms with Gasteiger partial charge in [0.1, 0.15) is 0 Å². The Bertz CT molecular complexity index is 670. The first-order valence-electron chi connectivity index (χ1n) is 6.62. The average molecular weight is 295 g/mol. The molecule has 0 spiro atoms. The highest BCUT2D eigenvalue weighted by Gasteiger charge is 2.24. The Hall–Kier alpha value is -1.76. The van der Waals surface area contributed by atoms with Gasteiger partial charge in [-0.3, -0.25) is 4.79 Å². The molecule has 2 aliphatic heterocycles. The van der Waals surface area contributed by atoms with E-state index in [1.54, 1.807) is 0 Å². The summed E-state index contributed by atoms with van der Waals surface area (Å²) in [5.41, 5.74) is 9.15. The number of nitrogens with two attached hydrogens (primary N) is 1. The molecule has 7 heteroatoms. The molecule has 1 saturated heterocycles. The van der Waals surface area contributed by atoms with Crippen LogP contribution in [0.25, 0.3) is 0 Å². The molecule has 0 unspecified atom stereocenters. The molecule has 2 aliphatic rings. The molecule has 0 saturated carbocycles. The van der Waals surface area contributed by atoms with E-state index in [4.69, 9.17) is 5.73 Å². The minimum Gasteiger partial charge on any atom is -0.397 e. The van der Waals surface area contributed by atoms with Crippen LogP contribution in [0.3, 0.4) is 0 Å². The van der Waals surface area contributed by atoms with Gasteiger partial charge in [0.25, 0.3) is 0 Å². The summed E-state index contributed by atoms with van der Waals surface area (Å²) in [6, 6.07) is 3.66. The topological polar surface area (TPSA) is 92.5 Å². The predicted octanol–water partition coefficient (Wildman–Crippen LogP) is 0.388. The van der Waals surface area contributed by atoms with Gasteiger partial charge in [0.2, 0.25) is 5.91 Å². The molecule has 0 aromatic heterocycles. The minimum atomic E-state index is -2.95. The number of rotatable bonds is 1. The lowest BCUT2D eigenvalue weighted by atomic mass is 10.1. The Morgan fingerprint density at radius 3 is 2.80 bits per heavy atom. The normalized spacial score (nSPS) is 21.2. The number of hydrogen-bond donors (Lipinski definition) is 2. The lowest BCUT2D eigenvalue weighted by molar-refractivity contribution is -0.115. The van der Waals surface area contributed by atoms with E-state index in [0.29, 0.717) is 31.6 Å². The van der Waals surface area contributed by atoms with Crippen LogP contribution >= 0.6 is 0 Å². The third kappa shape index (κ3) is 2.45. The lowest BCUT2D eigenvalue weighted by Crippen LogP contribution is -2.27. The molecule has 0 radical (unpaired) electrons. The van der Waals surface area contributed by atoms with Crippen LogP contribution in [0, 0.1) is 0 Å². The van der Waals surface area contributed by atoms with Gasteiger partial charge in [-0.25, -0.2) is 8.42 Å². The van der Waals surface area contributed by atoms with E-state index < -0.39 is 9.84 Å². The van der Waals surface area contributed by atoms with Crippen molar-refractivity contribution in [3.63, 3.8) is 0 Å². The summed E-state index contributed by atoms with van der Waals surface area (Å²) in [7, 11) is -2.95. The van der Waals surface area contributed by atoms with Gasteiger partial charge in [-0.1, -0.05) is 0 Å². The largest absolute Gasteiger partial charge is 0.397 e. The number of nitrogens with one attached hydrogen (secondary N) is 1. The van der Waals surface area contributed by atoms with Gasteiger partial charge >= 0.3 is 0 Å². The second-order valence-corrected chi connectivity index (χ2v) is 7.59. The van der Waals surface area contributed by atoms with Crippen molar-refractivity contribution in [2.24, 2.45) is 0 Å². The second kappa shape index (κ2) is 4.66. The van der Waals surface area contributed by atoms with Gasteiger partial charge in [-0.05, 0) is 24.1 Å². The number of benzene rings is 1. The molecule has 1 aromatic rings. The standard InChI is InChI=1S/C13H17N3O3S/c14-10-6-9-7-13(17)15-11(9)8-12(10)16-2-1-4-20(18,19)5-3-16/h6,8H,1-5,7,14H2,(H,15,17). The van der Waals surface area contributed by atoms with Crippen molar-refractivity contribution in [1.29, 1.82) is 0 Å². The molecule has 0 aliphatic carbocycles. The zero-order chi connectivity index (χ0) is 14.3. The summed E-state index contributed by atoms with van der Waals surface area (Å²) in [4.78, 5) is 13.4. The Kier molecular flexibility index (Phi) is 3.08. The predicted molar refractivity (Wildman–Crippen MR) is 78.7 cm³/mol. The maximum atomic E-state index is 11.6. The van der Waals surface area contributed by atoms with Crippen LogP contribution in [0.5, 0.6) is 0 Å². The first-order valence-corrected chi connectivity index (χ1v) is 8.44. The molecule has 6 nitrogen and oxygen atoms in total. The van der Waals surface area contributed by atoms with Gasteiger partial charge in [0, 0.05) is 18.8 Å².